The molecule has 3 N–H and O–H groups in total. The lowest BCUT2D eigenvalue weighted by atomic mass is 9.90. The Kier molecular flexibility index (Phi) is 5.76. The number of nitrogens with zero attached hydrogens (tertiary/aromatic N) is 2. The molecule has 1 fully saturated rings. The molecule has 2 rings (SSSR count). The zero-order valence-corrected chi connectivity index (χ0v) is 14.8. The second-order valence-electron chi connectivity index (χ2n) is 6.48. The number of carbonyl (C=O) groups is 1. The van der Waals surface area contributed by atoms with Crippen LogP contribution in [0.1, 0.15) is 19.8 Å². The molecule has 1 saturated heterocycles. The van der Waals surface area contributed by atoms with Gasteiger partial charge in [0.1, 0.15) is 0 Å². The standard InChI is InChI=1S/C15H22N4O5S/c1-15(10-16)6-8-18(11-15)14(20)5-7-17-25(23,24)13-4-2-3-12(9-13)19(21)22/h2-4,9,17H,5-8,10-11,16H2,1H3. The van der Waals surface area contributed by atoms with Gasteiger partial charge in [0.2, 0.25) is 15.9 Å². The first-order valence-corrected chi connectivity index (χ1v) is 9.37. The Hall–Kier alpha value is -2.04. The fraction of sp³-hybridized carbons (Fsp3) is 0.533. The molecule has 0 radical (unpaired) electrons. The molecule has 0 aliphatic carbocycles. The maximum absolute atomic E-state index is 12.2. The molecule has 1 aliphatic rings. The predicted molar refractivity (Wildman–Crippen MR) is 91.3 cm³/mol. The maximum Gasteiger partial charge on any atom is 0.270 e. The van der Waals surface area contributed by atoms with E-state index in [1.807, 2.05) is 6.92 Å². The summed E-state index contributed by atoms with van der Waals surface area (Å²) in [6.45, 7) is 3.63. The summed E-state index contributed by atoms with van der Waals surface area (Å²) in [5, 5.41) is 10.7. The monoisotopic (exact) mass is 370 g/mol. The van der Waals surface area contributed by atoms with Crippen LogP contribution in [0.3, 0.4) is 0 Å². The Morgan fingerprint density at radius 2 is 2.20 bits per heavy atom. The average molecular weight is 370 g/mol. The molecule has 0 bridgehead atoms. The maximum atomic E-state index is 12.2. The third kappa shape index (κ3) is 4.74. The van der Waals surface area contributed by atoms with E-state index >= 15 is 0 Å². The van der Waals surface area contributed by atoms with Crippen molar-refractivity contribution >= 4 is 21.6 Å². The Bertz CT molecular complexity index is 767. The minimum atomic E-state index is -3.91. The van der Waals surface area contributed by atoms with E-state index in [2.05, 4.69) is 4.72 Å². The quantitative estimate of drug-likeness (QED) is 0.529. The van der Waals surface area contributed by atoms with Crippen molar-refractivity contribution in [2.75, 3.05) is 26.2 Å². The van der Waals surface area contributed by atoms with Crippen LogP contribution < -0.4 is 10.5 Å². The molecule has 1 heterocycles. The molecular weight excluding hydrogens is 348 g/mol. The highest BCUT2D eigenvalue weighted by Crippen LogP contribution is 2.28. The molecule has 10 heteroatoms. The molecule has 1 aromatic carbocycles. The van der Waals surface area contributed by atoms with Crippen molar-refractivity contribution in [1.29, 1.82) is 0 Å². The van der Waals surface area contributed by atoms with Gasteiger partial charge in [-0.15, -0.1) is 0 Å². The largest absolute Gasteiger partial charge is 0.342 e. The molecular formula is C15H22N4O5S. The summed E-state index contributed by atoms with van der Waals surface area (Å²) in [5.74, 6) is -0.140. The van der Waals surface area contributed by atoms with Gasteiger partial charge in [0.15, 0.2) is 0 Å². The van der Waals surface area contributed by atoms with Crippen molar-refractivity contribution < 1.29 is 18.1 Å². The summed E-state index contributed by atoms with van der Waals surface area (Å²) in [6, 6.07) is 4.77. The van der Waals surface area contributed by atoms with Crippen LogP contribution in [0.15, 0.2) is 29.2 Å². The minimum Gasteiger partial charge on any atom is -0.342 e. The van der Waals surface area contributed by atoms with Crippen molar-refractivity contribution in [3.8, 4) is 0 Å². The number of hydrogen-bond donors (Lipinski definition) is 2. The summed E-state index contributed by atoms with van der Waals surface area (Å²) in [6.07, 6.45) is 0.851. The first-order chi connectivity index (χ1) is 11.7. The van der Waals surface area contributed by atoms with Gasteiger partial charge in [0.25, 0.3) is 5.69 Å². The normalized spacial score (nSPS) is 20.6. The predicted octanol–water partition coefficient (Wildman–Crippen LogP) is 0.461. The summed E-state index contributed by atoms with van der Waals surface area (Å²) < 4.78 is 26.7. The number of non-ortho nitro benzene ring substituents is 1. The molecule has 0 saturated carbocycles. The number of nitro benzene ring substituents is 1. The van der Waals surface area contributed by atoms with Gasteiger partial charge in [-0.25, -0.2) is 13.1 Å². The van der Waals surface area contributed by atoms with E-state index in [1.54, 1.807) is 4.90 Å². The van der Waals surface area contributed by atoms with Crippen LogP contribution in [0, 0.1) is 15.5 Å². The summed E-state index contributed by atoms with van der Waals surface area (Å²) in [5.41, 5.74) is 5.31. The number of benzene rings is 1. The zero-order chi connectivity index (χ0) is 18.7. The van der Waals surface area contributed by atoms with Gasteiger partial charge in [0.05, 0.1) is 9.82 Å². The Labute approximate surface area is 146 Å². The van der Waals surface area contributed by atoms with E-state index in [1.165, 1.54) is 18.2 Å². The van der Waals surface area contributed by atoms with E-state index in [4.69, 9.17) is 5.73 Å². The molecule has 25 heavy (non-hydrogen) atoms. The summed E-state index contributed by atoms with van der Waals surface area (Å²) in [7, 11) is -3.91. The lowest BCUT2D eigenvalue weighted by molar-refractivity contribution is -0.385. The van der Waals surface area contributed by atoms with Gasteiger partial charge in [-0.2, -0.15) is 0 Å². The molecule has 1 aromatic rings. The minimum absolute atomic E-state index is 0.0226. The van der Waals surface area contributed by atoms with Crippen molar-refractivity contribution in [2.45, 2.75) is 24.7 Å². The molecule has 1 aliphatic heterocycles. The lowest BCUT2D eigenvalue weighted by Crippen LogP contribution is -2.36. The first kappa shape index (κ1) is 19.3. The number of rotatable bonds is 7. The Balaban J connectivity index is 1.91. The second-order valence-corrected chi connectivity index (χ2v) is 8.25. The number of likely N-dealkylation sites (tertiary alicyclic amines) is 1. The number of nitrogens with two attached hydrogens (primary N) is 1. The van der Waals surface area contributed by atoms with Crippen molar-refractivity contribution in [3.63, 3.8) is 0 Å². The van der Waals surface area contributed by atoms with Crippen molar-refractivity contribution in [1.82, 2.24) is 9.62 Å². The fourth-order valence-corrected chi connectivity index (χ4v) is 3.77. The van der Waals surface area contributed by atoms with E-state index in [0.717, 1.165) is 12.5 Å². The van der Waals surface area contributed by atoms with Crippen molar-refractivity contribution in [2.24, 2.45) is 11.1 Å². The fourth-order valence-electron chi connectivity index (χ4n) is 2.70. The number of sulfonamides is 1. The average Bonchev–Trinajstić information content (AvgIpc) is 2.98. The highest BCUT2D eigenvalue weighted by molar-refractivity contribution is 7.89. The highest BCUT2D eigenvalue weighted by atomic mass is 32.2. The molecule has 0 spiro atoms. The van der Waals surface area contributed by atoms with Crippen LogP contribution in [-0.4, -0.2) is 50.3 Å². The van der Waals surface area contributed by atoms with E-state index < -0.39 is 14.9 Å². The SMILES string of the molecule is CC1(CN)CCN(C(=O)CCNS(=O)(=O)c2cccc([N+](=O)[O-])c2)C1. The lowest BCUT2D eigenvalue weighted by Gasteiger charge is -2.22. The van der Waals surface area contributed by atoms with Gasteiger partial charge >= 0.3 is 0 Å². The molecule has 1 amide bonds. The van der Waals surface area contributed by atoms with E-state index in [-0.39, 0.29) is 34.9 Å². The van der Waals surface area contributed by atoms with Gasteiger partial charge in [-0.05, 0) is 24.4 Å². The number of hydrogen-bond acceptors (Lipinski definition) is 6. The third-order valence-corrected chi connectivity index (χ3v) is 5.83. The number of amides is 1. The van der Waals surface area contributed by atoms with Gasteiger partial charge in [0, 0.05) is 38.2 Å². The van der Waals surface area contributed by atoms with Crippen LogP contribution >= 0.6 is 0 Å². The van der Waals surface area contributed by atoms with E-state index in [9.17, 15) is 23.3 Å². The summed E-state index contributed by atoms with van der Waals surface area (Å²) >= 11 is 0. The molecule has 0 aromatic heterocycles. The van der Waals surface area contributed by atoms with Gasteiger partial charge < -0.3 is 10.6 Å². The zero-order valence-electron chi connectivity index (χ0n) is 14.0. The topological polar surface area (TPSA) is 136 Å². The second kappa shape index (κ2) is 7.46. The molecule has 138 valence electrons. The van der Waals surface area contributed by atoms with Gasteiger partial charge in [-0.1, -0.05) is 13.0 Å². The summed E-state index contributed by atoms with van der Waals surface area (Å²) in [4.78, 5) is 23.7. The molecule has 1 atom stereocenters. The highest BCUT2D eigenvalue weighted by Gasteiger charge is 2.34. The van der Waals surface area contributed by atoms with Crippen LogP contribution in [0.25, 0.3) is 0 Å². The van der Waals surface area contributed by atoms with E-state index in [0.29, 0.717) is 19.6 Å². The Morgan fingerprint density at radius 3 is 2.80 bits per heavy atom. The smallest absolute Gasteiger partial charge is 0.270 e. The van der Waals surface area contributed by atoms with Crippen molar-refractivity contribution in [3.05, 3.63) is 34.4 Å². The van der Waals surface area contributed by atoms with Crippen LogP contribution in [0.4, 0.5) is 5.69 Å². The number of nitro groups is 1. The van der Waals surface area contributed by atoms with Gasteiger partial charge in [-0.3, -0.25) is 14.9 Å². The Morgan fingerprint density at radius 1 is 1.48 bits per heavy atom. The number of nitrogens with one attached hydrogen (secondary N) is 1. The van der Waals surface area contributed by atoms with Crippen LogP contribution in [0.5, 0.6) is 0 Å². The molecule has 9 nitrogen and oxygen atoms in total. The van der Waals surface area contributed by atoms with Crippen LogP contribution in [0.2, 0.25) is 0 Å². The van der Waals surface area contributed by atoms with Crippen LogP contribution in [-0.2, 0) is 14.8 Å². The molecule has 1 unspecified atom stereocenters. The first-order valence-electron chi connectivity index (χ1n) is 7.89. The number of carbonyl (C=O) groups excluding carboxylic acids is 1. The third-order valence-electron chi connectivity index (χ3n) is 4.37.